The van der Waals surface area contributed by atoms with Crippen LogP contribution in [0, 0.1) is 0 Å². The fourth-order valence-corrected chi connectivity index (χ4v) is 3.33. The number of benzene rings is 1. The van der Waals surface area contributed by atoms with E-state index in [2.05, 4.69) is 50.5 Å². The Labute approximate surface area is 158 Å². The van der Waals surface area contributed by atoms with E-state index in [1.807, 2.05) is 19.0 Å². The van der Waals surface area contributed by atoms with Crippen LogP contribution in [0.2, 0.25) is 0 Å². The van der Waals surface area contributed by atoms with Gasteiger partial charge in [0.25, 0.3) is 0 Å². The number of anilines is 2. The molecule has 0 radical (unpaired) electrons. The molecule has 0 bridgehead atoms. The Kier molecular flexibility index (Phi) is 5.75. The lowest BCUT2D eigenvalue weighted by atomic mass is 9.96. The number of amides is 2. The Morgan fingerprint density at radius 2 is 2.11 bits per heavy atom. The van der Waals surface area contributed by atoms with Crippen LogP contribution < -0.4 is 15.5 Å². The largest absolute Gasteiger partial charge is 0.374 e. The smallest absolute Gasteiger partial charge is 0.314 e. The van der Waals surface area contributed by atoms with Crippen molar-refractivity contribution in [3.8, 4) is 0 Å². The van der Waals surface area contributed by atoms with Gasteiger partial charge in [-0.2, -0.15) is 0 Å². The number of hydrogen-bond acceptors (Lipinski definition) is 6. The quantitative estimate of drug-likeness (QED) is 0.773. The molecule has 2 heterocycles. The van der Waals surface area contributed by atoms with Gasteiger partial charge in [-0.15, -0.1) is 0 Å². The Balaban J connectivity index is 1.66. The first kappa shape index (κ1) is 18.9. The summed E-state index contributed by atoms with van der Waals surface area (Å²) < 4.78 is 4.63. The van der Waals surface area contributed by atoms with Crippen LogP contribution in [0.25, 0.3) is 0 Å². The van der Waals surface area contributed by atoms with Gasteiger partial charge in [-0.05, 0) is 44.1 Å². The zero-order chi connectivity index (χ0) is 19.4. The van der Waals surface area contributed by atoms with E-state index in [9.17, 15) is 9.59 Å². The van der Waals surface area contributed by atoms with Crippen LogP contribution in [-0.2, 0) is 16.0 Å². The third-order valence-electron chi connectivity index (χ3n) is 4.80. The SMILES string of the molecule is CN1CCCc2cc(C(CNC(=O)C(=O)Nc3ccon3)N(C)C)ccc21. The first-order valence-corrected chi connectivity index (χ1v) is 8.95. The second-order valence-electron chi connectivity index (χ2n) is 6.94. The van der Waals surface area contributed by atoms with Crippen molar-refractivity contribution in [1.82, 2.24) is 15.4 Å². The molecular formula is C19H25N5O3. The maximum atomic E-state index is 12.1. The van der Waals surface area contributed by atoms with Crippen LogP contribution in [0.4, 0.5) is 11.5 Å². The summed E-state index contributed by atoms with van der Waals surface area (Å²) in [5.74, 6) is -1.27. The average molecular weight is 371 g/mol. The van der Waals surface area contributed by atoms with Gasteiger partial charge in [0.15, 0.2) is 5.82 Å². The Morgan fingerprint density at radius 1 is 1.30 bits per heavy atom. The Morgan fingerprint density at radius 3 is 2.81 bits per heavy atom. The molecule has 1 atom stereocenters. The molecule has 2 aromatic rings. The van der Waals surface area contributed by atoms with Crippen molar-refractivity contribution in [2.75, 3.05) is 44.4 Å². The summed E-state index contributed by atoms with van der Waals surface area (Å²) in [5.41, 5.74) is 3.70. The molecular weight excluding hydrogens is 346 g/mol. The number of carbonyl (C=O) groups excluding carboxylic acids is 2. The lowest BCUT2D eigenvalue weighted by Crippen LogP contribution is -2.40. The maximum absolute atomic E-state index is 12.1. The van der Waals surface area contributed by atoms with Crippen molar-refractivity contribution < 1.29 is 14.1 Å². The minimum absolute atomic E-state index is 0.0358. The van der Waals surface area contributed by atoms with Gasteiger partial charge in [0.1, 0.15) is 6.26 Å². The zero-order valence-electron chi connectivity index (χ0n) is 15.9. The Hall–Kier alpha value is -2.87. The molecule has 1 aliphatic rings. The molecule has 2 amide bonds. The minimum atomic E-state index is -0.770. The molecule has 2 N–H and O–H groups in total. The predicted molar refractivity (Wildman–Crippen MR) is 103 cm³/mol. The van der Waals surface area contributed by atoms with E-state index in [1.54, 1.807) is 0 Å². The second-order valence-corrected chi connectivity index (χ2v) is 6.94. The van der Waals surface area contributed by atoms with E-state index >= 15 is 0 Å². The molecule has 1 unspecified atom stereocenters. The molecule has 0 fully saturated rings. The number of carbonyl (C=O) groups is 2. The van der Waals surface area contributed by atoms with Crippen molar-refractivity contribution in [3.05, 3.63) is 41.7 Å². The predicted octanol–water partition coefficient (Wildman–Crippen LogP) is 1.41. The van der Waals surface area contributed by atoms with Crippen LogP contribution in [-0.4, -0.2) is 56.1 Å². The third kappa shape index (κ3) is 4.46. The van der Waals surface area contributed by atoms with Gasteiger partial charge in [-0.3, -0.25) is 14.9 Å². The standard InChI is InChI=1S/C19H25N5O3/c1-23(2)16(12-20-18(25)19(26)21-17-8-10-27-22-17)14-6-7-15-13(11-14)5-4-9-24(15)3/h6-8,10-11,16H,4-5,9,12H2,1-3H3,(H,20,25)(H,21,22,26). The van der Waals surface area contributed by atoms with Gasteiger partial charge >= 0.3 is 11.8 Å². The zero-order valence-corrected chi connectivity index (χ0v) is 15.9. The summed E-state index contributed by atoms with van der Waals surface area (Å²) in [7, 11) is 6.02. The maximum Gasteiger partial charge on any atom is 0.314 e. The lowest BCUT2D eigenvalue weighted by Gasteiger charge is -2.30. The molecule has 0 saturated heterocycles. The number of likely N-dealkylation sites (N-methyl/N-ethyl adjacent to an activating group) is 1. The van der Waals surface area contributed by atoms with Crippen LogP contribution in [0.3, 0.4) is 0 Å². The topological polar surface area (TPSA) is 90.7 Å². The lowest BCUT2D eigenvalue weighted by molar-refractivity contribution is -0.136. The molecule has 0 aliphatic carbocycles. The van der Waals surface area contributed by atoms with Gasteiger partial charge in [-0.25, -0.2) is 0 Å². The number of rotatable bonds is 5. The second kappa shape index (κ2) is 8.22. The van der Waals surface area contributed by atoms with Crippen LogP contribution in [0.1, 0.15) is 23.6 Å². The Bertz CT molecular complexity index is 804. The van der Waals surface area contributed by atoms with Gasteiger partial charge < -0.3 is 19.6 Å². The molecule has 8 nitrogen and oxygen atoms in total. The van der Waals surface area contributed by atoms with Gasteiger partial charge in [0, 0.05) is 31.9 Å². The fraction of sp³-hybridized carbons (Fsp3) is 0.421. The summed E-state index contributed by atoms with van der Waals surface area (Å²) in [6.45, 7) is 1.40. The van der Waals surface area contributed by atoms with Crippen molar-refractivity contribution in [1.29, 1.82) is 0 Å². The average Bonchev–Trinajstić information content (AvgIpc) is 3.14. The number of nitrogens with one attached hydrogen (secondary N) is 2. The van der Waals surface area contributed by atoms with Crippen LogP contribution in [0.5, 0.6) is 0 Å². The number of hydrogen-bond donors (Lipinski definition) is 2. The van der Waals surface area contributed by atoms with E-state index < -0.39 is 11.8 Å². The summed E-state index contributed by atoms with van der Waals surface area (Å²) in [4.78, 5) is 28.3. The van der Waals surface area contributed by atoms with E-state index in [0.29, 0.717) is 6.54 Å². The molecule has 144 valence electrons. The molecule has 3 rings (SSSR count). The molecule has 1 aromatic heterocycles. The highest BCUT2D eigenvalue weighted by atomic mass is 16.5. The van der Waals surface area contributed by atoms with Gasteiger partial charge in [0.05, 0.1) is 6.04 Å². The summed E-state index contributed by atoms with van der Waals surface area (Å²) >= 11 is 0. The normalized spacial score (nSPS) is 14.6. The van der Waals surface area contributed by atoms with E-state index in [0.717, 1.165) is 24.9 Å². The molecule has 1 aromatic carbocycles. The molecule has 1 aliphatic heterocycles. The molecule has 8 heteroatoms. The monoisotopic (exact) mass is 371 g/mol. The van der Waals surface area contributed by atoms with Crippen molar-refractivity contribution in [3.63, 3.8) is 0 Å². The van der Waals surface area contributed by atoms with E-state index in [1.165, 1.54) is 23.6 Å². The summed E-state index contributed by atoms with van der Waals surface area (Å²) in [6.07, 6.45) is 3.52. The minimum Gasteiger partial charge on any atom is -0.374 e. The number of aromatic nitrogens is 1. The van der Waals surface area contributed by atoms with E-state index in [4.69, 9.17) is 0 Å². The summed E-state index contributed by atoms with van der Waals surface area (Å²) in [5, 5.41) is 8.64. The number of aryl methyl sites for hydroxylation is 1. The number of fused-ring (bicyclic) bond motifs is 1. The molecule has 0 spiro atoms. The summed E-state index contributed by atoms with van der Waals surface area (Å²) in [6, 6.07) is 7.87. The highest BCUT2D eigenvalue weighted by molar-refractivity contribution is 6.39. The molecule has 27 heavy (non-hydrogen) atoms. The van der Waals surface area contributed by atoms with E-state index in [-0.39, 0.29) is 11.9 Å². The first-order valence-electron chi connectivity index (χ1n) is 8.95. The van der Waals surface area contributed by atoms with Crippen LogP contribution in [0.15, 0.2) is 35.1 Å². The fourth-order valence-electron chi connectivity index (χ4n) is 3.33. The first-order chi connectivity index (χ1) is 13.0. The van der Waals surface area contributed by atoms with Crippen molar-refractivity contribution in [2.24, 2.45) is 0 Å². The highest BCUT2D eigenvalue weighted by Gasteiger charge is 2.21. The van der Waals surface area contributed by atoms with Gasteiger partial charge in [0.2, 0.25) is 0 Å². The van der Waals surface area contributed by atoms with Crippen LogP contribution >= 0.6 is 0 Å². The van der Waals surface area contributed by atoms with Crippen molar-refractivity contribution >= 4 is 23.3 Å². The highest BCUT2D eigenvalue weighted by Crippen LogP contribution is 2.29. The molecule has 0 saturated carbocycles. The van der Waals surface area contributed by atoms with Gasteiger partial charge in [-0.1, -0.05) is 17.3 Å². The number of nitrogens with zero attached hydrogens (tertiary/aromatic N) is 3. The van der Waals surface area contributed by atoms with Crippen molar-refractivity contribution in [2.45, 2.75) is 18.9 Å². The third-order valence-corrected chi connectivity index (χ3v) is 4.80.